The Labute approximate surface area is 91.5 Å². The lowest BCUT2D eigenvalue weighted by molar-refractivity contribution is 0.509. The topological polar surface area (TPSA) is 12.0 Å². The standard InChI is InChI=1S/C12H18ClN/c1-3-5-12(14-4-2)10-6-8-11(13)9-7-10/h6-9,12,14H,3-5H2,1-2H3. The summed E-state index contributed by atoms with van der Waals surface area (Å²) in [5, 5.41) is 4.28. The van der Waals surface area contributed by atoms with E-state index in [2.05, 4.69) is 31.3 Å². The van der Waals surface area contributed by atoms with E-state index < -0.39 is 0 Å². The van der Waals surface area contributed by atoms with Gasteiger partial charge in [-0.25, -0.2) is 0 Å². The molecule has 0 saturated carbocycles. The van der Waals surface area contributed by atoms with E-state index in [1.54, 1.807) is 0 Å². The van der Waals surface area contributed by atoms with Gasteiger partial charge in [0.2, 0.25) is 0 Å². The van der Waals surface area contributed by atoms with Crippen LogP contribution >= 0.6 is 11.6 Å². The van der Waals surface area contributed by atoms with E-state index in [1.165, 1.54) is 18.4 Å². The summed E-state index contributed by atoms with van der Waals surface area (Å²) < 4.78 is 0. The van der Waals surface area contributed by atoms with Crippen molar-refractivity contribution in [2.75, 3.05) is 6.54 Å². The van der Waals surface area contributed by atoms with Crippen LogP contribution in [0.4, 0.5) is 0 Å². The first-order valence-corrected chi connectivity index (χ1v) is 5.64. The third-order valence-corrected chi connectivity index (χ3v) is 2.55. The van der Waals surface area contributed by atoms with E-state index in [-0.39, 0.29) is 0 Å². The minimum Gasteiger partial charge on any atom is -0.310 e. The quantitative estimate of drug-likeness (QED) is 0.782. The van der Waals surface area contributed by atoms with Crippen LogP contribution in [0.25, 0.3) is 0 Å². The first-order chi connectivity index (χ1) is 6.77. The Hall–Kier alpha value is -0.530. The second kappa shape index (κ2) is 6.05. The fraction of sp³-hybridized carbons (Fsp3) is 0.500. The molecule has 2 heteroatoms. The molecule has 0 aliphatic rings. The molecule has 0 fully saturated rings. The molecule has 14 heavy (non-hydrogen) atoms. The average molecular weight is 212 g/mol. The molecule has 0 aromatic heterocycles. The molecule has 1 aromatic rings. The molecule has 0 aliphatic carbocycles. The van der Waals surface area contributed by atoms with Crippen LogP contribution in [-0.4, -0.2) is 6.54 Å². The normalized spacial score (nSPS) is 12.8. The molecule has 1 aromatic carbocycles. The molecular formula is C12H18ClN. The van der Waals surface area contributed by atoms with E-state index in [0.717, 1.165) is 11.6 Å². The van der Waals surface area contributed by atoms with Gasteiger partial charge in [0.15, 0.2) is 0 Å². The number of benzene rings is 1. The zero-order valence-electron chi connectivity index (χ0n) is 8.89. The highest BCUT2D eigenvalue weighted by Crippen LogP contribution is 2.20. The fourth-order valence-electron chi connectivity index (χ4n) is 1.62. The third kappa shape index (κ3) is 3.32. The van der Waals surface area contributed by atoms with Crippen molar-refractivity contribution in [1.29, 1.82) is 0 Å². The monoisotopic (exact) mass is 211 g/mol. The van der Waals surface area contributed by atoms with E-state index in [1.807, 2.05) is 12.1 Å². The second-order valence-electron chi connectivity index (χ2n) is 3.45. The van der Waals surface area contributed by atoms with E-state index in [9.17, 15) is 0 Å². The van der Waals surface area contributed by atoms with Crippen LogP contribution in [-0.2, 0) is 0 Å². The van der Waals surface area contributed by atoms with Gasteiger partial charge in [-0.3, -0.25) is 0 Å². The molecule has 1 N–H and O–H groups in total. The van der Waals surface area contributed by atoms with Gasteiger partial charge in [0.05, 0.1) is 0 Å². The Balaban J connectivity index is 2.71. The molecule has 1 nitrogen and oxygen atoms in total. The van der Waals surface area contributed by atoms with Crippen LogP contribution < -0.4 is 5.32 Å². The molecule has 1 atom stereocenters. The molecule has 0 amide bonds. The Bertz CT molecular complexity index is 250. The maximum absolute atomic E-state index is 5.85. The molecule has 0 aliphatic heterocycles. The first-order valence-electron chi connectivity index (χ1n) is 5.26. The Morgan fingerprint density at radius 2 is 1.86 bits per heavy atom. The van der Waals surface area contributed by atoms with Gasteiger partial charge in [-0.15, -0.1) is 0 Å². The number of hydrogen-bond donors (Lipinski definition) is 1. The lowest BCUT2D eigenvalue weighted by Gasteiger charge is -2.17. The van der Waals surface area contributed by atoms with Crippen molar-refractivity contribution in [3.63, 3.8) is 0 Å². The van der Waals surface area contributed by atoms with E-state index >= 15 is 0 Å². The molecule has 0 spiro atoms. The summed E-state index contributed by atoms with van der Waals surface area (Å²) in [5.41, 5.74) is 1.33. The molecule has 1 rings (SSSR count). The van der Waals surface area contributed by atoms with Crippen LogP contribution in [0, 0.1) is 0 Å². The average Bonchev–Trinajstić information content (AvgIpc) is 2.19. The van der Waals surface area contributed by atoms with Gasteiger partial charge in [-0.2, -0.15) is 0 Å². The summed E-state index contributed by atoms with van der Waals surface area (Å²) in [6, 6.07) is 8.59. The summed E-state index contributed by atoms with van der Waals surface area (Å²) in [5.74, 6) is 0. The van der Waals surface area contributed by atoms with Crippen molar-refractivity contribution in [2.24, 2.45) is 0 Å². The number of halogens is 1. The van der Waals surface area contributed by atoms with Crippen LogP contribution in [0.2, 0.25) is 5.02 Å². The predicted molar refractivity (Wildman–Crippen MR) is 62.8 cm³/mol. The smallest absolute Gasteiger partial charge is 0.0406 e. The fourth-order valence-corrected chi connectivity index (χ4v) is 1.74. The minimum atomic E-state index is 0.474. The zero-order valence-corrected chi connectivity index (χ0v) is 9.64. The van der Waals surface area contributed by atoms with Gasteiger partial charge in [-0.1, -0.05) is 44.0 Å². The molecule has 1 unspecified atom stereocenters. The number of rotatable bonds is 5. The van der Waals surface area contributed by atoms with Crippen LogP contribution in [0.15, 0.2) is 24.3 Å². The maximum atomic E-state index is 5.85. The molecule has 0 saturated heterocycles. The molecule has 0 bridgehead atoms. The predicted octanol–water partition coefficient (Wildman–Crippen LogP) is 3.79. The van der Waals surface area contributed by atoms with Gasteiger partial charge in [0.1, 0.15) is 0 Å². The lowest BCUT2D eigenvalue weighted by atomic mass is 10.0. The Morgan fingerprint density at radius 1 is 1.21 bits per heavy atom. The van der Waals surface area contributed by atoms with Gasteiger partial charge >= 0.3 is 0 Å². The summed E-state index contributed by atoms with van der Waals surface area (Å²) in [6.07, 6.45) is 2.37. The Kier molecular flexibility index (Phi) is 4.99. The summed E-state index contributed by atoms with van der Waals surface area (Å²) in [4.78, 5) is 0. The highest BCUT2D eigenvalue weighted by molar-refractivity contribution is 6.30. The van der Waals surface area contributed by atoms with Gasteiger partial charge in [-0.05, 0) is 30.7 Å². The molecule has 78 valence electrons. The summed E-state index contributed by atoms with van der Waals surface area (Å²) in [7, 11) is 0. The SMILES string of the molecule is CCCC(NCC)c1ccc(Cl)cc1. The van der Waals surface area contributed by atoms with Crippen LogP contribution in [0.5, 0.6) is 0 Å². The van der Waals surface area contributed by atoms with E-state index in [0.29, 0.717) is 6.04 Å². The van der Waals surface area contributed by atoms with Gasteiger partial charge < -0.3 is 5.32 Å². The first kappa shape index (κ1) is 11.5. The summed E-state index contributed by atoms with van der Waals surface area (Å²) >= 11 is 5.85. The van der Waals surface area contributed by atoms with Gasteiger partial charge in [0, 0.05) is 11.1 Å². The van der Waals surface area contributed by atoms with Gasteiger partial charge in [0.25, 0.3) is 0 Å². The zero-order chi connectivity index (χ0) is 10.4. The highest BCUT2D eigenvalue weighted by Gasteiger charge is 2.07. The van der Waals surface area contributed by atoms with Crippen molar-refractivity contribution in [2.45, 2.75) is 32.7 Å². The summed E-state index contributed by atoms with van der Waals surface area (Å²) in [6.45, 7) is 5.35. The van der Waals surface area contributed by atoms with Crippen molar-refractivity contribution >= 4 is 11.6 Å². The molecular weight excluding hydrogens is 194 g/mol. The highest BCUT2D eigenvalue weighted by atomic mass is 35.5. The van der Waals surface area contributed by atoms with Crippen molar-refractivity contribution in [1.82, 2.24) is 5.32 Å². The largest absolute Gasteiger partial charge is 0.310 e. The minimum absolute atomic E-state index is 0.474. The third-order valence-electron chi connectivity index (χ3n) is 2.30. The van der Waals surface area contributed by atoms with Crippen LogP contribution in [0.3, 0.4) is 0 Å². The number of nitrogens with one attached hydrogen (secondary N) is 1. The number of hydrogen-bond acceptors (Lipinski definition) is 1. The van der Waals surface area contributed by atoms with Crippen molar-refractivity contribution in [3.05, 3.63) is 34.9 Å². The van der Waals surface area contributed by atoms with E-state index in [4.69, 9.17) is 11.6 Å². The van der Waals surface area contributed by atoms with Crippen LogP contribution in [0.1, 0.15) is 38.3 Å². The molecule has 0 radical (unpaired) electrons. The molecule has 0 heterocycles. The van der Waals surface area contributed by atoms with Crippen molar-refractivity contribution < 1.29 is 0 Å². The second-order valence-corrected chi connectivity index (χ2v) is 3.89. The maximum Gasteiger partial charge on any atom is 0.0406 e. The lowest BCUT2D eigenvalue weighted by Crippen LogP contribution is -2.20. The Morgan fingerprint density at radius 3 is 2.36 bits per heavy atom. The van der Waals surface area contributed by atoms with Crippen molar-refractivity contribution in [3.8, 4) is 0 Å².